The van der Waals surface area contributed by atoms with Crippen LogP contribution in [-0.4, -0.2) is 37.6 Å². The lowest BCUT2D eigenvalue weighted by atomic mass is 9.83. The summed E-state index contributed by atoms with van der Waals surface area (Å²) >= 11 is 0. The van der Waals surface area contributed by atoms with Crippen molar-refractivity contribution in [3.05, 3.63) is 0 Å². The largest absolute Gasteiger partial charge is 0.315 e. The van der Waals surface area contributed by atoms with Gasteiger partial charge in [0.1, 0.15) is 0 Å². The van der Waals surface area contributed by atoms with Gasteiger partial charge in [-0.2, -0.15) is 0 Å². The number of hydrogen-bond donors (Lipinski definition) is 1. The molecule has 1 unspecified atom stereocenters. The van der Waals surface area contributed by atoms with Crippen molar-refractivity contribution in [3.8, 4) is 0 Å². The maximum atomic E-state index is 3.60. The van der Waals surface area contributed by atoms with Gasteiger partial charge < -0.3 is 10.2 Å². The molecule has 1 saturated carbocycles. The summed E-state index contributed by atoms with van der Waals surface area (Å²) in [5.74, 6) is 0.942. The fraction of sp³-hybridized carbons (Fsp3) is 1.00. The van der Waals surface area contributed by atoms with Crippen LogP contribution in [0.1, 0.15) is 57.8 Å². The van der Waals surface area contributed by atoms with Crippen LogP contribution in [0, 0.1) is 5.92 Å². The third-order valence-corrected chi connectivity index (χ3v) is 4.74. The topological polar surface area (TPSA) is 15.3 Å². The van der Waals surface area contributed by atoms with Gasteiger partial charge in [-0.1, -0.05) is 32.1 Å². The van der Waals surface area contributed by atoms with Gasteiger partial charge in [-0.05, 0) is 51.7 Å². The lowest BCUT2D eigenvalue weighted by Gasteiger charge is -2.34. The second-order valence-electron chi connectivity index (χ2n) is 6.01. The van der Waals surface area contributed by atoms with Crippen LogP contribution in [0.5, 0.6) is 0 Å². The predicted molar refractivity (Wildman–Crippen MR) is 74.3 cm³/mol. The molecule has 1 aliphatic heterocycles. The number of rotatable bonds is 4. The van der Waals surface area contributed by atoms with Gasteiger partial charge in [0.15, 0.2) is 0 Å². The zero-order valence-corrected chi connectivity index (χ0v) is 11.6. The van der Waals surface area contributed by atoms with Gasteiger partial charge in [-0.3, -0.25) is 0 Å². The molecule has 0 amide bonds. The molecule has 1 aliphatic carbocycles. The Hall–Kier alpha value is -0.0800. The van der Waals surface area contributed by atoms with Gasteiger partial charge in [0, 0.05) is 12.6 Å². The Kier molecular flexibility index (Phi) is 5.79. The fourth-order valence-electron chi connectivity index (χ4n) is 3.61. The van der Waals surface area contributed by atoms with Crippen molar-refractivity contribution in [1.29, 1.82) is 0 Å². The molecule has 1 saturated heterocycles. The van der Waals surface area contributed by atoms with Crippen LogP contribution >= 0.6 is 0 Å². The maximum Gasteiger partial charge on any atom is 0.0220 e. The van der Waals surface area contributed by atoms with E-state index in [1.807, 2.05) is 0 Å². The molecule has 100 valence electrons. The zero-order valence-electron chi connectivity index (χ0n) is 11.6. The van der Waals surface area contributed by atoms with Crippen LogP contribution in [0.2, 0.25) is 0 Å². The first-order valence-corrected chi connectivity index (χ1v) is 7.80. The summed E-state index contributed by atoms with van der Waals surface area (Å²) in [6, 6.07) is 0.744. The van der Waals surface area contributed by atoms with E-state index >= 15 is 0 Å². The smallest absolute Gasteiger partial charge is 0.0220 e. The summed E-state index contributed by atoms with van der Waals surface area (Å²) in [6.45, 7) is 3.97. The van der Waals surface area contributed by atoms with Crippen LogP contribution in [-0.2, 0) is 0 Å². The third kappa shape index (κ3) is 4.26. The van der Waals surface area contributed by atoms with Crippen LogP contribution in [0.3, 0.4) is 0 Å². The molecule has 0 aromatic rings. The van der Waals surface area contributed by atoms with Crippen molar-refractivity contribution >= 4 is 0 Å². The molecule has 1 heterocycles. The van der Waals surface area contributed by atoms with Gasteiger partial charge in [0.25, 0.3) is 0 Å². The molecule has 0 bridgehead atoms. The normalized spacial score (nSPS) is 26.6. The SMILES string of the molecule is CNC(CN1CCCCCC1)C1CCCCC1. The summed E-state index contributed by atoms with van der Waals surface area (Å²) in [5.41, 5.74) is 0. The Bertz CT molecular complexity index is 191. The Labute approximate surface area is 107 Å². The second kappa shape index (κ2) is 7.38. The van der Waals surface area contributed by atoms with Crippen molar-refractivity contribution in [3.63, 3.8) is 0 Å². The highest BCUT2D eigenvalue weighted by atomic mass is 15.1. The number of hydrogen-bond acceptors (Lipinski definition) is 2. The van der Waals surface area contributed by atoms with Gasteiger partial charge >= 0.3 is 0 Å². The highest BCUT2D eigenvalue weighted by molar-refractivity contribution is 4.81. The second-order valence-corrected chi connectivity index (χ2v) is 6.01. The Morgan fingerprint density at radius 2 is 1.53 bits per heavy atom. The molecule has 0 spiro atoms. The zero-order chi connectivity index (χ0) is 11.9. The van der Waals surface area contributed by atoms with Crippen molar-refractivity contribution < 1.29 is 0 Å². The molecular formula is C15H30N2. The first kappa shape index (κ1) is 13.4. The van der Waals surface area contributed by atoms with Crippen molar-refractivity contribution in [2.75, 3.05) is 26.7 Å². The van der Waals surface area contributed by atoms with Crippen molar-refractivity contribution in [2.24, 2.45) is 5.92 Å². The highest BCUT2D eigenvalue weighted by Gasteiger charge is 2.24. The monoisotopic (exact) mass is 238 g/mol. The number of likely N-dealkylation sites (N-methyl/N-ethyl adjacent to an activating group) is 1. The highest BCUT2D eigenvalue weighted by Crippen LogP contribution is 2.27. The van der Waals surface area contributed by atoms with E-state index in [1.165, 1.54) is 77.4 Å². The van der Waals surface area contributed by atoms with Gasteiger partial charge in [0.05, 0.1) is 0 Å². The van der Waals surface area contributed by atoms with Crippen LogP contribution < -0.4 is 5.32 Å². The average Bonchev–Trinajstić information content (AvgIpc) is 2.65. The van der Waals surface area contributed by atoms with E-state index in [0.717, 1.165) is 12.0 Å². The molecule has 0 aromatic carbocycles. The summed E-state index contributed by atoms with van der Waals surface area (Å²) in [5, 5.41) is 3.60. The van der Waals surface area contributed by atoms with Gasteiger partial charge in [0.2, 0.25) is 0 Å². The summed E-state index contributed by atoms with van der Waals surface area (Å²) in [7, 11) is 2.16. The minimum absolute atomic E-state index is 0.744. The molecule has 17 heavy (non-hydrogen) atoms. The number of likely N-dealkylation sites (tertiary alicyclic amines) is 1. The molecule has 0 radical (unpaired) electrons. The van der Waals surface area contributed by atoms with E-state index in [0.29, 0.717) is 0 Å². The summed E-state index contributed by atoms with van der Waals surface area (Å²) < 4.78 is 0. The van der Waals surface area contributed by atoms with Gasteiger partial charge in [-0.15, -0.1) is 0 Å². The Balaban J connectivity index is 1.80. The van der Waals surface area contributed by atoms with Crippen LogP contribution in [0.4, 0.5) is 0 Å². The number of nitrogens with one attached hydrogen (secondary N) is 1. The van der Waals surface area contributed by atoms with Gasteiger partial charge in [-0.25, -0.2) is 0 Å². The van der Waals surface area contributed by atoms with E-state index in [-0.39, 0.29) is 0 Å². The first-order chi connectivity index (χ1) is 8.40. The fourth-order valence-corrected chi connectivity index (χ4v) is 3.61. The van der Waals surface area contributed by atoms with Crippen molar-refractivity contribution in [1.82, 2.24) is 10.2 Å². The van der Waals surface area contributed by atoms with E-state index < -0.39 is 0 Å². The molecule has 0 aromatic heterocycles. The molecule has 2 fully saturated rings. The van der Waals surface area contributed by atoms with E-state index in [9.17, 15) is 0 Å². The molecule has 2 rings (SSSR count). The number of nitrogens with zero attached hydrogens (tertiary/aromatic N) is 1. The minimum atomic E-state index is 0.744. The quantitative estimate of drug-likeness (QED) is 0.810. The summed E-state index contributed by atoms with van der Waals surface area (Å²) in [6.07, 6.45) is 13.0. The lowest BCUT2D eigenvalue weighted by Crippen LogP contribution is -2.45. The van der Waals surface area contributed by atoms with Crippen molar-refractivity contribution in [2.45, 2.75) is 63.8 Å². The molecule has 2 heteroatoms. The first-order valence-electron chi connectivity index (χ1n) is 7.80. The standard InChI is InChI=1S/C15H30N2/c1-16-15(14-9-5-4-6-10-14)13-17-11-7-2-3-8-12-17/h14-16H,2-13H2,1H3. The van der Waals surface area contributed by atoms with Crippen LogP contribution in [0.15, 0.2) is 0 Å². The molecular weight excluding hydrogens is 208 g/mol. The van der Waals surface area contributed by atoms with E-state index in [2.05, 4.69) is 17.3 Å². The predicted octanol–water partition coefficient (Wildman–Crippen LogP) is 3.03. The Morgan fingerprint density at radius 3 is 2.12 bits per heavy atom. The minimum Gasteiger partial charge on any atom is -0.315 e. The van der Waals surface area contributed by atoms with E-state index in [4.69, 9.17) is 0 Å². The maximum absolute atomic E-state index is 3.60. The molecule has 1 atom stereocenters. The average molecular weight is 238 g/mol. The molecule has 2 aliphatic rings. The lowest BCUT2D eigenvalue weighted by molar-refractivity contribution is 0.193. The molecule has 2 nitrogen and oxygen atoms in total. The summed E-state index contributed by atoms with van der Waals surface area (Å²) in [4.78, 5) is 2.71. The third-order valence-electron chi connectivity index (χ3n) is 4.74. The Morgan fingerprint density at radius 1 is 0.941 bits per heavy atom. The van der Waals surface area contributed by atoms with E-state index in [1.54, 1.807) is 0 Å². The molecule has 1 N–H and O–H groups in total. The van der Waals surface area contributed by atoms with Crippen LogP contribution in [0.25, 0.3) is 0 Å².